The van der Waals surface area contributed by atoms with Gasteiger partial charge in [-0.2, -0.15) is 0 Å². The maximum Gasteiger partial charge on any atom is 0.222 e. The fourth-order valence-electron chi connectivity index (χ4n) is 4.66. The molecule has 0 saturated carbocycles. The molecule has 8 heteroatoms. The highest BCUT2D eigenvalue weighted by Crippen LogP contribution is 2.20. The summed E-state index contributed by atoms with van der Waals surface area (Å²) in [7, 11) is 0. The molecule has 0 aromatic heterocycles. The maximum absolute atomic E-state index is 13.1. The topological polar surface area (TPSA) is 47.1 Å². The molecule has 34 heavy (non-hydrogen) atoms. The van der Waals surface area contributed by atoms with Crippen molar-refractivity contribution in [3.63, 3.8) is 0 Å². The third kappa shape index (κ3) is 6.04. The van der Waals surface area contributed by atoms with Crippen LogP contribution in [0.25, 0.3) is 0 Å². The Hall–Kier alpha value is -3.16. The number of nitrogens with zero attached hydrogens (tertiary/aromatic N) is 4. The molecule has 2 aliphatic rings. The van der Waals surface area contributed by atoms with Gasteiger partial charge in [0.1, 0.15) is 11.6 Å². The average Bonchev–Trinajstić information content (AvgIpc) is 2.85. The van der Waals surface area contributed by atoms with Gasteiger partial charge >= 0.3 is 0 Å². The van der Waals surface area contributed by atoms with E-state index in [0.717, 1.165) is 11.4 Å². The molecule has 2 amide bonds. The van der Waals surface area contributed by atoms with Crippen LogP contribution in [0, 0.1) is 17.6 Å². The van der Waals surface area contributed by atoms with Crippen molar-refractivity contribution < 1.29 is 18.4 Å². The van der Waals surface area contributed by atoms with Crippen LogP contribution < -0.4 is 9.80 Å². The van der Waals surface area contributed by atoms with Crippen LogP contribution in [0.15, 0.2) is 48.5 Å². The molecule has 0 aliphatic carbocycles. The van der Waals surface area contributed by atoms with Gasteiger partial charge < -0.3 is 19.6 Å². The van der Waals surface area contributed by atoms with Crippen LogP contribution in [0.2, 0.25) is 0 Å². The van der Waals surface area contributed by atoms with E-state index in [-0.39, 0.29) is 29.4 Å². The molecule has 2 saturated heterocycles. The van der Waals surface area contributed by atoms with E-state index in [1.54, 1.807) is 24.3 Å². The van der Waals surface area contributed by atoms with Crippen molar-refractivity contribution in [3.8, 4) is 0 Å². The Morgan fingerprint density at radius 1 is 0.647 bits per heavy atom. The molecule has 0 N–H and O–H groups in total. The molecular formula is C26H32F2N4O2. The highest BCUT2D eigenvalue weighted by molar-refractivity contribution is 5.80. The lowest BCUT2D eigenvalue weighted by Crippen LogP contribution is -2.50. The summed E-state index contributed by atoms with van der Waals surface area (Å²) in [4.78, 5) is 33.6. The van der Waals surface area contributed by atoms with Gasteiger partial charge in [-0.15, -0.1) is 0 Å². The van der Waals surface area contributed by atoms with Gasteiger partial charge in [0.2, 0.25) is 11.8 Å². The highest BCUT2D eigenvalue weighted by Gasteiger charge is 2.26. The first-order chi connectivity index (χ1) is 16.4. The largest absolute Gasteiger partial charge is 0.368 e. The van der Waals surface area contributed by atoms with Crippen LogP contribution in [0.3, 0.4) is 0 Å². The van der Waals surface area contributed by atoms with Crippen molar-refractivity contribution in [1.82, 2.24) is 9.80 Å². The van der Waals surface area contributed by atoms with E-state index in [0.29, 0.717) is 65.2 Å². The predicted octanol–water partition coefficient (Wildman–Crippen LogP) is 3.38. The first-order valence-electron chi connectivity index (χ1n) is 12.0. The number of carbonyl (C=O) groups is 2. The summed E-state index contributed by atoms with van der Waals surface area (Å²) >= 11 is 0. The number of benzene rings is 2. The Bertz CT molecular complexity index is 888. The van der Waals surface area contributed by atoms with Gasteiger partial charge in [0.15, 0.2) is 0 Å². The summed E-state index contributed by atoms with van der Waals surface area (Å²) in [5.74, 6) is -0.364. The summed E-state index contributed by atoms with van der Waals surface area (Å²) in [5.41, 5.74) is 1.93. The molecule has 0 bridgehead atoms. The first kappa shape index (κ1) is 24.0. The molecule has 2 aromatic rings. The predicted molar refractivity (Wildman–Crippen MR) is 129 cm³/mol. The number of halogens is 2. The smallest absolute Gasteiger partial charge is 0.222 e. The third-order valence-electron chi connectivity index (χ3n) is 6.69. The molecular weight excluding hydrogens is 438 g/mol. The summed E-state index contributed by atoms with van der Waals surface area (Å²) in [6.45, 7) is 7.31. The second-order valence-electron chi connectivity index (χ2n) is 9.20. The number of hydrogen-bond acceptors (Lipinski definition) is 4. The molecule has 2 heterocycles. The summed E-state index contributed by atoms with van der Waals surface area (Å²) in [6, 6.07) is 12.9. The molecule has 182 valence electrons. The number of piperazine rings is 2. The van der Waals surface area contributed by atoms with Gasteiger partial charge in [-0.05, 0) is 54.4 Å². The van der Waals surface area contributed by atoms with Gasteiger partial charge in [0.25, 0.3) is 0 Å². The van der Waals surface area contributed by atoms with E-state index in [9.17, 15) is 18.4 Å². The van der Waals surface area contributed by atoms with Crippen LogP contribution in [-0.4, -0.2) is 74.0 Å². The molecule has 0 unspecified atom stereocenters. The number of carbonyl (C=O) groups excluding carboxylic acids is 2. The second kappa shape index (κ2) is 10.8. The van der Waals surface area contributed by atoms with E-state index >= 15 is 0 Å². The van der Waals surface area contributed by atoms with Crippen LogP contribution in [-0.2, 0) is 9.59 Å². The standard InChI is InChI=1S/C26H32F2N4O2/c1-20(18-25(33)31-14-10-29(11-15-31)23-6-2-21(27)3-7-23)19-26(34)32-16-12-30(13-17-32)24-8-4-22(28)5-9-24/h2-9,20H,10-19H2,1H3. The van der Waals surface area contributed by atoms with Crippen molar-refractivity contribution in [1.29, 1.82) is 0 Å². The fourth-order valence-corrected chi connectivity index (χ4v) is 4.66. The van der Waals surface area contributed by atoms with E-state index in [4.69, 9.17) is 0 Å². The fraction of sp³-hybridized carbons (Fsp3) is 0.462. The average molecular weight is 471 g/mol. The monoisotopic (exact) mass is 470 g/mol. The van der Waals surface area contributed by atoms with Crippen LogP contribution in [0.4, 0.5) is 20.2 Å². The van der Waals surface area contributed by atoms with E-state index in [1.807, 2.05) is 16.7 Å². The zero-order valence-electron chi connectivity index (χ0n) is 19.6. The van der Waals surface area contributed by atoms with Gasteiger partial charge in [-0.1, -0.05) is 6.92 Å². The quantitative estimate of drug-likeness (QED) is 0.650. The van der Waals surface area contributed by atoms with E-state index in [1.165, 1.54) is 24.3 Å². The van der Waals surface area contributed by atoms with E-state index in [2.05, 4.69) is 9.80 Å². The minimum absolute atomic E-state index is 0.0229. The Kier molecular flexibility index (Phi) is 7.65. The maximum atomic E-state index is 13.1. The Labute approximate surface area is 199 Å². The lowest BCUT2D eigenvalue weighted by atomic mass is 10.0. The van der Waals surface area contributed by atoms with Gasteiger partial charge in [-0.3, -0.25) is 9.59 Å². The molecule has 4 rings (SSSR count). The third-order valence-corrected chi connectivity index (χ3v) is 6.69. The van der Waals surface area contributed by atoms with Crippen molar-refractivity contribution >= 4 is 23.2 Å². The van der Waals surface area contributed by atoms with E-state index < -0.39 is 0 Å². The highest BCUT2D eigenvalue weighted by atomic mass is 19.1. The zero-order chi connectivity index (χ0) is 24.1. The van der Waals surface area contributed by atoms with Crippen molar-refractivity contribution in [3.05, 3.63) is 60.2 Å². The molecule has 2 fully saturated rings. The minimum atomic E-state index is -0.254. The van der Waals surface area contributed by atoms with Crippen LogP contribution in [0.1, 0.15) is 19.8 Å². The SMILES string of the molecule is CC(CC(=O)N1CCN(c2ccc(F)cc2)CC1)CC(=O)N1CCN(c2ccc(F)cc2)CC1. The summed E-state index contributed by atoms with van der Waals surface area (Å²) < 4.78 is 26.3. The number of hydrogen-bond donors (Lipinski definition) is 0. The van der Waals surface area contributed by atoms with Gasteiger partial charge in [0.05, 0.1) is 0 Å². The molecule has 0 radical (unpaired) electrons. The zero-order valence-corrected chi connectivity index (χ0v) is 19.6. The molecule has 6 nitrogen and oxygen atoms in total. The minimum Gasteiger partial charge on any atom is -0.368 e. The van der Waals surface area contributed by atoms with Crippen molar-refractivity contribution in [2.75, 3.05) is 62.2 Å². The number of anilines is 2. The normalized spacial score (nSPS) is 16.8. The summed E-state index contributed by atoms with van der Waals surface area (Å²) in [6.07, 6.45) is 0.718. The summed E-state index contributed by atoms with van der Waals surface area (Å²) in [5, 5.41) is 0. The molecule has 0 spiro atoms. The van der Waals surface area contributed by atoms with Crippen LogP contribution >= 0.6 is 0 Å². The van der Waals surface area contributed by atoms with Crippen molar-refractivity contribution in [2.45, 2.75) is 19.8 Å². The number of rotatable bonds is 6. The lowest BCUT2D eigenvalue weighted by molar-refractivity contribution is -0.134. The van der Waals surface area contributed by atoms with Gasteiger partial charge in [-0.25, -0.2) is 8.78 Å². The molecule has 2 aromatic carbocycles. The Morgan fingerprint density at radius 3 is 1.29 bits per heavy atom. The molecule has 2 aliphatic heterocycles. The second-order valence-corrected chi connectivity index (χ2v) is 9.20. The van der Waals surface area contributed by atoms with Crippen molar-refractivity contribution in [2.24, 2.45) is 5.92 Å². The first-order valence-corrected chi connectivity index (χ1v) is 12.0. The Balaban J connectivity index is 1.18. The van der Waals surface area contributed by atoms with Crippen LogP contribution in [0.5, 0.6) is 0 Å². The Morgan fingerprint density at radius 2 is 0.971 bits per heavy atom. The van der Waals surface area contributed by atoms with Gasteiger partial charge in [0, 0.05) is 76.6 Å². The lowest BCUT2D eigenvalue weighted by Gasteiger charge is -2.37. The number of amides is 2. The molecule has 0 atom stereocenters.